The number of aliphatic hydroxyl groups excluding tert-OH is 1. The SMILES string of the molecule is [2H]C(O)[C@@]1([2H])O[C@@]([2H])(O)[C@]([2H])(O)[C@@]([2H])(O)[C@]1([2H])O. The van der Waals surface area contributed by atoms with E-state index in [0.717, 1.165) is 0 Å². The molecule has 1 aliphatic heterocycles. The van der Waals surface area contributed by atoms with E-state index in [1.807, 2.05) is 0 Å². The highest BCUT2D eigenvalue weighted by Gasteiger charge is 2.42. The third-order valence-corrected chi connectivity index (χ3v) is 1.21. The van der Waals surface area contributed by atoms with Gasteiger partial charge in [-0.25, -0.2) is 0 Å². The Morgan fingerprint density at radius 2 is 1.75 bits per heavy atom. The van der Waals surface area contributed by atoms with Crippen LogP contribution < -0.4 is 0 Å². The van der Waals surface area contributed by atoms with E-state index < -0.39 is 37.2 Å². The van der Waals surface area contributed by atoms with Crippen molar-refractivity contribution in [1.82, 2.24) is 0 Å². The lowest BCUT2D eigenvalue weighted by molar-refractivity contribution is -0.286. The molecule has 0 spiro atoms. The molecule has 1 fully saturated rings. The van der Waals surface area contributed by atoms with Gasteiger partial charge < -0.3 is 30.3 Å². The molecule has 0 amide bonds. The van der Waals surface area contributed by atoms with Crippen LogP contribution in [0.1, 0.15) is 8.22 Å². The first kappa shape index (κ1) is 4.32. The van der Waals surface area contributed by atoms with E-state index in [1.165, 1.54) is 0 Å². The standard InChI is InChI=1S/C6H12O6/c7-1-2-3(8)4(9)5(10)6(11)12-2/h2-11H,1H2/t2-,3-,4+,5-,6-/m1/s1/i1D,2D,3D,4D,5D,6D/t1?,2-,3-,4+,5-,6-. The summed E-state index contributed by atoms with van der Waals surface area (Å²) in [6.07, 6.45) is -19.2. The van der Waals surface area contributed by atoms with Crippen molar-refractivity contribution in [2.45, 2.75) is 30.6 Å². The molecule has 6 nitrogen and oxygen atoms in total. The van der Waals surface area contributed by atoms with E-state index in [2.05, 4.69) is 4.74 Å². The Kier molecular flexibility index (Phi) is 1.31. The first-order chi connectivity index (χ1) is 7.65. The number of ether oxygens (including phenoxy) is 1. The molecule has 1 aliphatic rings. The molecule has 72 valence electrons. The molecule has 6 heteroatoms. The normalized spacial score (nSPS) is 89.8. The zero-order valence-electron chi connectivity index (χ0n) is 11.7. The molecule has 6 atom stereocenters. The zero-order chi connectivity index (χ0) is 14.8. The van der Waals surface area contributed by atoms with Crippen molar-refractivity contribution in [2.24, 2.45) is 0 Å². The Bertz CT molecular complexity index is 341. The van der Waals surface area contributed by atoms with Crippen molar-refractivity contribution in [3.8, 4) is 0 Å². The molecule has 0 aromatic carbocycles. The van der Waals surface area contributed by atoms with E-state index in [0.29, 0.717) is 0 Å². The van der Waals surface area contributed by atoms with Gasteiger partial charge >= 0.3 is 0 Å². The Morgan fingerprint density at radius 3 is 2.25 bits per heavy atom. The van der Waals surface area contributed by atoms with Crippen LogP contribution in [0, 0.1) is 0 Å². The highest BCUT2D eigenvalue weighted by Crippen LogP contribution is 2.18. The van der Waals surface area contributed by atoms with Crippen LogP contribution in [0.4, 0.5) is 0 Å². The van der Waals surface area contributed by atoms with Crippen LogP contribution in [-0.4, -0.2) is 62.7 Å². The van der Waals surface area contributed by atoms with Gasteiger partial charge in [-0.1, -0.05) is 0 Å². The molecule has 0 saturated carbocycles. The maximum absolute atomic E-state index is 9.52. The monoisotopic (exact) mass is 186 g/mol. The van der Waals surface area contributed by atoms with Crippen molar-refractivity contribution in [3.63, 3.8) is 0 Å². The summed E-state index contributed by atoms with van der Waals surface area (Å²) in [7, 11) is 0. The Morgan fingerprint density at radius 1 is 1.17 bits per heavy atom. The van der Waals surface area contributed by atoms with Gasteiger partial charge in [0, 0.05) is 0 Å². The second kappa shape index (κ2) is 3.65. The highest BCUT2D eigenvalue weighted by molar-refractivity contribution is 4.87. The third-order valence-electron chi connectivity index (χ3n) is 1.21. The predicted molar refractivity (Wildman–Crippen MR) is 36.0 cm³/mol. The lowest BCUT2D eigenvalue weighted by Crippen LogP contribution is -2.58. The quantitative estimate of drug-likeness (QED) is 0.294. The fourth-order valence-electron chi connectivity index (χ4n) is 0.618. The largest absolute Gasteiger partial charge is 0.394 e. The lowest BCUT2D eigenvalue weighted by Gasteiger charge is -2.37. The molecule has 0 bridgehead atoms. The Hall–Kier alpha value is -0.240. The molecule has 12 heavy (non-hydrogen) atoms. The van der Waals surface area contributed by atoms with Gasteiger partial charge in [0.1, 0.15) is 24.3 Å². The van der Waals surface area contributed by atoms with Crippen LogP contribution in [0.5, 0.6) is 0 Å². The zero-order valence-corrected chi connectivity index (χ0v) is 5.72. The van der Waals surface area contributed by atoms with Gasteiger partial charge in [0.05, 0.1) is 14.8 Å². The summed E-state index contributed by atoms with van der Waals surface area (Å²) in [6, 6.07) is 0. The lowest BCUT2D eigenvalue weighted by atomic mass is 10.00. The fraction of sp³-hybridized carbons (Fsp3) is 1.00. The molecule has 0 radical (unpaired) electrons. The number of hydrogen-bond acceptors (Lipinski definition) is 6. The van der Waals surface area contributed by atoms with Crippen molar-refractivity contribution >= 4 is 0 Å². The summed E-state index contributed by atoms with van der Waals surface area (Å²) in [6.45, 7) is -2.77. The maximum atomic E-state index is 9.52. The van der Waals surface area contributed by atoms with Crippen molar-refractivity contribution in [1.29, 1.82) is 0 Å². The molecule has 1 heterocycles. The van der Waals surface area contributed by atoms with Gasteiger partial charge in [-0.15, -0.1) is 0 Å². The van der Waals surface area contributed by atoms with Gasteiger partial charge in [-0.05, 0) is 0 Å². The van der Waals surface area contributed by atoms with E-state index in [4.69, 9.17) is 13.3 Å². The highest BCUT2D eigenvalue weighted by atomic mass is 16.6. The van der Waals surface area contributed by atoms with Crippen LogP contribution in [0.15, 0.2) is 0 Å². The minimum Gasteiger partial charge on any atom is -0.394 e. The minimum absolute atomic E-state index is 2.77. The van der Waals surface area contributed by atoms with Gasteiger partial charge in [0.2, 0.25) is 0 Å². The van der Waals surface area contributed by atoms with Crippen LogP contribution in [0.2, 0.25) is 0 Å². The van der Waals surface area contributed by atoms with Crippen molar-refractivity contribution < 1.29 is 38.5 Å². The number of rotatable bonds is 1. The molecule has 0 aromatic heterocycles. The Labute approximate surface area is 77.1 Å². The van der Waals surface area contributed by atoms with Gasteiger partial charge in [0.25, 0.3) is 0 Å². The van der Waals surface area contributed by atoms with Gasteiger partial charge in [-0.2, -0.15) is 0 Å². The number of hydrogen-bond donors (Lipinski definition) is 5. The molecule has 0 aliphatic carbocycles. The summed E-state index contributed by atoms with van der Waals surface area (Å²) in [5.74, 6) is 0. The van der Waals surface area contributed by atoms with E-state index in [-0.39, 0.29) is 0 Å². The second-order valence-corrected chi connectivity index (χ2v) is 1.95. The van der Waals surface area contributed by atoms with Crippen LogP contribution in [0.25, 0.3) is 0 Å². The Balaban J connectivity index is 3.52. The molecular weight excluding hydrogens is 168 g/mol. The third kappa shape index (κ3) is 1.58. The average molecular weight is 186 g/mol. The first-order valence-corrected chi connectivity index (χ1v) is 2.85. The topological polar surface area (TPSA) is 110 Å². The van der Waals surface area contributed by atoms with E-state index >= 15 is 0 Å². The summed E-state index contributed by atoms with van der Waals surface area (Å²) >= 11 is 0. The maximum Gasteiger partial charge on any atom is 0.184 e. The smallest absolute Gasteiger partial charge is 0.184 e. The summed E-state index contributed by atoms with van der Waals surface area (Å²) in [5, 5.41) is 46.6. The molecule has 1 saturated heterocycles. The first-order valence-electron chi connectivity index (χ1n) is 5.93. The van der Waals surface area contributed by atoms with Crippen molar-refractivity contribution in [3.05, 3.63) is 0 Å². The molecule has 0 aromatic rings. The van der Waals surface area contributed by atoms with Crippen LogP contribution >= 0.6 is 0 Å². The van der Waals surface area contributed by atoms with E-state index in [9.17, 15) is 20.4 Å². The van der Waals surface area contributed by atoms with E-state index in [1.54, 1.807) is 0 Å². The minimum atomic E-state index is -4.02. The van der Waals surface area contributed by atoms with Crippen molar-refractivity contribution in [2.75, 3.05) is 6.58 Å². The molecule has 5 N–H and O–H groups in total. The summed E-state index contributed by atoms with van der Waals surface area (Å²) < 4.78 is 46.5. The van der Waals surface area contributed by atoms with Crippen LogP contribution in [-0.2, 0) is 4.74 Å². The number of aliphatic hydroxyl groups is 5. The predicted octanol–water partition coefficient (Wildman–Crippen LogP) is -3.22. The van der Waals surface area contributed by atoms with Crippen LogP contribution in [0.3, 0.4) is 0 Å². The molecule has 1 rings (SSSR count). The fourth-order valence-corrected chi connectivity index (χ4v) is 0.618. The average Bonchev–Trinajstić information content (AvgIpc) is 2.13. The van der Waals surface area contributed by atoms with Gasteiger partial charge in [-0.3, -0.25) is 0 Å². The molecular formula is C6H12O6. The van der Waals surface area contributed by atoms with Gasteiger partial charge in [0.15, 0.2) is 6.27 Å². The second-order valence-electron chi connectivity index (χ2n) is 1.95. The summed E-state index contributed by atoms with van der Waals surface area (Å²) in [4.78, 5) is 0. The molecule has 1 unspecified atom stereocenters. The summed E-state index contributed by atoms with van der Waals surface area (Å²) in [5.41, 5.74) is 0.